The Labute approximate surface area is 130 Å². The van der Waals surface area contributed by atoms with Crippen LogP contribution in [0.15, 0.2) is 48.5 Å². The molecule has 4 heteroatoms. The summed E-state index contributed by atoms with van der Waals surface area (Å²) in [6, 6.07) is 15.4. The number of fused-ring (bicyclic) bond motifs is 1. The number of rotatable bonds is 3. The second-order valence-corrected chi connectivity index (χ2v) is 5.31. The van der Waals surface area contributed by atoms with Crippen LogP contribution in [0.3, 0.4) is 0 Å². The molecule has 4 nitrogen and oxygen atoms in total. The van der Waals surface area contributed by atoms with E-state index in [1.54, 1.807) is 11.9 Å². The van der Waals surface area contributed by atoms with Gasteiger partial charge >= 0.3 is 0 Å². The van der Waals surface area contributed by atoms with E-state index in [9.17, 15) is 4.79 Å². The minimum absolute atomic E-state index is 0.0307. The van der Waals surface area contributed by atoms with E-state index in [0.29, 0.717) is 5.56 Å². The molecule has 2 aromatic carbocycles. The highest BCUT2D eigenvalue weighted by atomic mass is 16.2. The molecule has 0 aliphatic rings. The number of carbonyl (C=O) groups is 1. The average molecular weight is 293 g/mol. The summed E-state index contributed by atoms with van der Waals surface area (Å²) in [7, 11) is 1.79. The summed E-state index contributed by atoms with van der Waals surface area (Å²) in [4.78, 5) is 18.9. The van der Waals surface area contributed by atoms with Crippen molar-refractivity contribution in [2.75, 3.05) is 11.9 Å². The van der Waals surface area contributed by atoms with E-state index < -0.39 is 0 Å². The van der Waals surface area contributed by atoms with E-state index in [0.717, 1.165) is 29.1 Å². The normalized spacial score (nSPS) is 10.9. The van der Waals surface area contributed by atoms with Crippen LogP contribution < -0.4 is 4.90 Å². The lowest BCUT2D eigenvalue weighted by Gasteiger charge is -2.17. The molecular formula is C18H19N3O. The molecule has 0 spiro atoms. The molecule has 1 aromatic heterocycles. The number of amides is 1. The van der Waals surface area contributed by atoms with Crippen LogP contribution in [0.1, 0.15) is 23.1 Å². The molecule has 0 radical (unpaired) electrons. The standard InChI is InChI=1S/C18H19N3O/c1-4-21-13(2)19-16-12-14(10-11-17(16)21)18(22)20(3)15-8-6-5-7-9-15/h5-12H,4H2,1-3H3. The van der Waals surface area contributed by atoms with Crippen LogP contribution in [0.5, 0.6) is 0 Å². The average Bonchev–Trinajstić information content (AvgIpc) is 2.88. The van der Waals surface area contributed by atoms with Gasteiger partial charge in [0.05, 0.1) is 11.0 Å². The van der Waals surface area contributed by atoms with Crippen LogP contribution in [0.25, 0.3) is 11.0 Å². The quantitative estimate of drug-likeness (QED) is 0.739. The zero-order chi connectivity index (χ0) is 15.7. The molecule has 0 aliphatic carbocycles. The van der Waals surface area contributed by atoms with Gasteiger partial charge in [0, 0.05) is 24.8 Å². The molecule has 22 heavy (non-hydrogen) atoms. The lowest BCUT2D eigenvalue weighted by Crippen LogP contribution is -2.26. The maximum atomic E-state index is 12.6. The number of nitrogens with zero attached hydrogens (tertiary/aromatic N) is 3. The molecule has 112 valence electrons. The maximum absolute atomic E-state index is 12.6. The summed E-state index contributed by atoms with van der Waals surface area (Å²) in [5, 5.41) is 0. The largest absolute Gasteiger partial charge is 0.329 e. The minimum Gasteiger partial charge on any atom is -0.329 e. The third-order valence-electron chi connectivity index (χ3n) is 3.95. The summed E-state index contributed by atoms with van der Waals surface area (Å²) in [6.07, 6.45) is 0. The molecule has 1 heterocycles. The monoisotopic (exact) mass is 293 g/mol. The van der Waals surface area contributed by atoms with Gasteiger partial charge in [-0.15, -0.1) is 0 Å². The number of imidazole rings is 1. The van der Waals surface area contributed by atoms with Gasteiger partial charge in [0.2, 0.25) is 0 Å². The smallest absolute Gasteiger partial charge is 0.258 e. The molecule has 0 bridgehead atoms. The third kappa shape index (κ3) is 2.37. The Morgan fingerprint density at radius 3 is 2.59 bits per heavy atom. The Bertz CT molecular complexity index is 821. The van der Waals surface area contributed by atoms with Gasteiger partial charge in [-0.2, -0.15) is 0 Å². The van der Waals surface area contributed by atoms with Crippen molar-refractivity contribution in [3.63, 3.8) is 0 Å². The highest BCUT2D eigenvalue weighted by molar-refractivity contribution is 6.07. The summed E-state index contributed by atoms with van der Waals surface area (Å²) in [6.45, 7) is 4.96. The first-order chi connectivity index (χ1) is 10.6. The molecule has 0 atom stereocenters. The predicted octanol–water partition coefficient (Wildman–Crippen LogP) is 3.64. The number of para-hydroxylation sites is 1. The lowest BCUT2D eigenvalue weighted by molar-refractivity contribution is 0.0993. The van der Waals surface area contributed by atoms with E-state index in [1.165, 1.54) is 0 Å². The van der Waals surface area contributed by atoms with Crippen LogP contribution in [0, 0.1) is 6.92 Å². The Hall–Kier alpha value is -2.62. The highest BCUT2D eigenvalue weighted by Gasteiger charge is 2.15. The van der Waals surface area contributed by atoms with Gasteiger partial charge < -0.3 is 9.47 Å². The van der Waals surface area contributed by atoms with Gasteiger partial charge in [-0.25, -0.2) is 4.98 Å². The Kier molecular flexibility index (Phi) is 3.67. The first-order valence-corrected chi connectivity index (χ1v) is 7.42. The minimum atomic E-state index is -0.0307. The molecule has 0 saturated heterocycles. The van der Waals surface area contributed by atoms with Gasteiger partial charge in [-0.1, -0.05) is 18.2 Å². The molecule has 3 rings (SSSR count). The first-order valence-electron chi connectivity index (χ1n) is 7.42. The van der Waals surface area contributed by atoms with Crippen LogP contribution in [-0.2, 0) is 6.54 Å². The maximum Gasteiger partial charge on any atom is 0.258 e. The van der Waals surface area contributed by atoms with Crippen molar-refractivity contribution in [3.8, 4) is 0 Å². The number of hydrogen-bond donors (Lipinski definition) is 0. The van der Waals surface area contributed by atoms with Crippen molar-refractivity contribution in [2.45, 2.75) is 20.4 Å². The molecular weight excluding hydrogens is 274 g/mol. The van der Waals surface area contributed by atoms with Crippen LogP contribution in [0.4, 0.5) is 5.69 Å². The number of carbonyl (C=O) groups excluding carboxylic acids is 1. The number of hydrogen-bond acceptors (Lipinski definition) is 2. The number of aromatic nitrogens is 2. The highest BCUT2D eigenvalue weighted by Crippen LogP contribution is 2.20. The van der Waals surface area contributed by atoms with Gasteiger partial charge in [0.25, 0.3) is 5.91 Å². The molecule has 3 aromatic rings. The van der Waals surface area contributed by atoms with Crippen molar-refractivity contribution in [1.82, 2.24) is 9.55 Å². The first kappa shape index (κ1) is 14.3. The van der Waals surface area contributed by atoms with Crippen molar-refractivity contribution in [2.24, 2.45) is 0 Å². The summed E-state index contributed by atoms with van der Waals surface area (Å²) in [5.41, 5.74) is 3.47. The third-order valence-corrected chi connectivity index (χ3v) is 3.95. The SMILES string of the molecule is CCn1c(C)nc2cc(C(=O)N(C)c3ccccc3)ccc21. The van der Waals surface area contributed by atoms with Gasteiger partial charge in [0.15, 0.2) is 0 Å². The van der Waals surface area contributed by atoms with Gasteiger partial charge in [-0.05, 0) is 44.2 Å². The van der Waals surface area contributed by atoms with Gasteiger partial charge in [-0.3, -0.25) is 4.79 Å². The summed E-state index contributed by atoms with van der Waals surface area (Å²) < 4.78 is 2.14. The topological polar surface area (TPSA) is 38.1 Å². The molecule has 0 N–H and O–H groups in total. The second kappa shape index (κ2) is 5.64. The fourth-order valence-electron chi connectivity index (χ4n) is 2.74. The van der Waals surface area contributed by atoms with E-state index in [1.807, 2.05) is 55.5 Å². The number of benzene rings is 2. The van der Waals surface area contributed by atoms with Crippen LogP contribution in [-0.4, -0.2) is 22.5 Å². The lowest BCUT2D eigenvalue weighted by atomic mass is 10.1. The van der Waals surface area contributed by atoms with E-state index >= 15 is 0 Å². The zero-order valence-corrected chi connectivity index (χ0v) is 13.1. The Balaban J connectivity index is 1.98. The summed E-state index contributed by atoms with van der Waals surface area (Å²) in [5.74, 6) is 0.940. The van der Waals surface area contributed by atoms with Crippen LogP contribution in [0.2, 0.25) is 0 Å². The van der Waals surface area contributed by atoms with E-state index in [2.05, 4.69) is 16.5 Å². The van der Waals surface area contributed by atoms with Crippen LogP contribution >= 0.6 is 0 Å². The van der Waals surface area contributed by atoms with Gasteiger partial charge in [0.1, 0.15) is 5.82 Å². The number of anilines is 1. The molecule has 0 fully saturated rings. The van der Waals surface area contributed by atoms with Crippen molar-refractivity contribution < 1.29 is 4.79 Å². The Morgan fingerprint density at radius 1 is 1.18 bits per heavy atom. The summed E-state index contributed by atoms with van der Waals surface area (Å²) >= 11 is 0. The predicted molar refractivity (Wildman–Crippen MR) is 89.3 cm³/mol. The van der Waals surface area contributed by atoms with Crippen molar-refractivity contribution >= 4 is 22.6 Å². The second-order valence-electron chi connectivity index (χ2n) is 5.31. The molecule has 0 aliphatic heterocycles. The molecule has 0 saturated carbocycles. The Morgan fingerprint density at radius 2 is 1.91 bits per heavy atom. The fourth-order valence-corrected chi connectivity index (χ4v) is 2.74. The number of aryl methyl sites for hydroxylation is 2. The van der Waals surface area contributed by atoms with E-state index in [4.69, 9.17) is 0 Å². The van der Waals surface area contributed by atoms with E-state index in [-0.39, 0.29) is 5.91 Å². The molecule has 0 unspecified atom stereocenters. The van der Waals surface area contributed by atoms with Crippen molar-refractivity contribution in [1.29, 1.82) is 0 Å². The zero-order valence-electron chi connectivity index (χ0n) is 13.1. The molecule has 1 amide bonds. The fraction of sp³-hybridized carbons (Fsp3) is 0.222. The van der Waals surface area contributed by atoms with Crippen molar-refractivity contribution in [3.05, 3.63) is 59.9 Å².